The Morgan fingerprint density at radius 3 is 2.70 bits per heavy atom. The van der Waals surface area contributed by atoms with Crippen LogP contribution in [0, 0.1) is 0 Å². The van der Waals surface area contributed by atoms with Crippen LogP contribution in [0.25, 0.3) is 0 Å². The first-order valence-corrected chi connectivity index (χ1v) is 7.23. The van der Waals surface area contributed by atoms with E-state index in [9.17, 15) is 14.4 Å². The van der Waals surface area contributed by atoms with E-state index in [4.69, 9.17) is 9.84 Å². The number of ether oxygens (including phenoxy) is 1. The summed E-state index contributed by atoms with van der Waals surface area (Å²) in [6.07, 6.45) is 0.566. The van der Waals surface area contributed by atoms with Crippen molar-refractivity contribution in [3.05, 3.63) is 29.3 Å². The third-order valence-corrected chi connectivity index (χ3v) is 3.36. The standard InChI is InChI=1S/C15H19N3O5/c1-23-8-2-6-18-13(20)11-4-3-10(9-12(11)14(18)21)17-15(22)16-5-7-19/h3-4,9,19H,2,5-8H2,1H3,(H2,16,17,22). The van der Waals surface area contributed by atoms with E-state index in [2.05, 4.69) is 10.6 Å². The number of nitrogens with one attached hydrogen (secondary N) is 2. The summed E-state index contributed by atoms with van der Waals surface area (Å²) in [5.41, 5.74) is 1.00. The molecular weight excluding hydrogens is 302 g/mol. The molecule has 2 rings (SSSR count). The Labute approximate surface area is 133 Å². The zero-order chi connectivity index (χ0) is 16.8. The highest BCUT2D eigenvalue weighted by Crippen LogP contribution is 2.26. The fourth-order valence-electron chi connectivity index (χ4n) is 2.28. The number of nitrogens with zero attached hydrogens (tertiary/aromatic N) is 1. The smallest absolute Gasteiger partial charge is 0.319 e. The quantitative estimate of drug-likeness (QED) is 0.499. The van der Waals surface area contributed by atoms with E-state index < -0.39 is 6.03 Å². The minimum Gasteiger partial charge on any atom is -0.395 e. The lowest BCUT2D eigenvalue weighted by Crippen LogP contribution is -2.31. The van der Waals surface area contributed by atoms with Gasteiger partial charge in [0, 0.05) is 32.5 Å². The first-order chi connectivity index (χ1) is 11.1. The number of hydrogen-bond acceptors (Lipinski definition) is 5. The van der Waals surface area contributed by atoms with E-state index >= 15 is 0 Å². The Morgan fingerprint density at radius 1 is 1.26 bits per heavy atom. The van der Waals surface area contributed by atoms with Gasteiger partial charge < -0.3 is 20.5 Å². The molecule has 3 N–H and O–H groups in total. The number of benzene rings is 1. The monoisotopic (exact) mass is 321 g/mol. The van der Waals surface area contributed by atoms with Gasteiger partial charge in [-0.1, -0.05) is 0 Å². The number of carbonyl (C=O) groups is 3. The summed E-state index contributed by atoms with van der Waals surface area (Å²) in [7, 11) is 1.56. The molecule has 0 unspecified atom stereocenters. The molecule has 1 aromatic carbocycles. The van der Waals surface area contributed by atoms with Gasteiger partial charge in [0.1, 0.15) is 0 Å². The van der Waals surface area contributed by atoms with Crippen LogP contribution in [0.15, 0.2) is 18.2 Å². The predicted molar refractivity (Wildman–Crippen MR) is 82.4 cm³/mol. The Kier molecular flexibility index (Phi) is 5.67. The number of aliphatic hydroxyl groups excluding tert-OH is 1. The Bertz CT molecular complexity index is 617. The normalized spacial score (nSPS) is 13.2. The first-order valence-electron chi connectivity index (χ1n) is 7.23. The number of carbonyl (C=O) groups excluding carboxylic acids is 3. The summed E-state index contributed by atoms with van der Waals surface area (Å²) < 4.78 is 4.92. The molecule has 124 valence electrons. The van der Waals surface area contributed by atoms with Gasteiger partial charge in [-0.25, -0.2) is 4.79 Å². The number of fused-ring (bicyclic) bond motifs is 1. The minimum atomic E-state index is -0.493. The van der Waals surface area contributed by atoms with Crippen molar-refractivity contribution in [3.63, 3.8) is 0 Å². The average Bonchev–Trinajstić information content (AvgIpc) is 2.77. The molecule has 8 nitrogen and oxygen atoms in total. The Hall–Kier alpha value is -2.45. The highest BCUT2D eigenvalue weighted by molar-refractivity contribution is 6.21. The zero-order valence-corrected chi connectivity index (χ0v) is 12.8. The van der Waals surface area contributed by atoms with Crippen LogP contribution in [0.4, 0.5) is 10.5 Å². The number of rotatable bonds is 7. The van der Waals surface area contributed by atoms with Gasteiger partial charge in [-0.3, -0.25) is 14.5 Å². The number of imide groups is 1. The van der Waals surface area contributed by atoms with E-state index in [0.717, 1.165) is 0 Å². The van der Waals surface area contributed by atoms with Crippen LogP contribution in [0.1, 0.15) is 27.1 Å². The topological polar surface area (TPSA) is 108 Å². The molecule has 0 saturated carbocycles. The molecule has 0 saturated heterocycles. The van der Waals surface area contributed by atoms with Crippen molar-refractivity contribution in [2.75, 3.05) is 38.7 Å². The van der Waals surface area contributed by atoms with E-state index in [-0.39, 0.29) is 30.5 Å². The third kappa shape index (κ3) is 3.85. The molecule has 0 bridgehead atoms. The molecule has 0 fully saturated rings. The molecule has 1 aliphatic rings. The Morgan fingerprint density at radius 2 is 2.00 bits per heavy atom. The van der Waals surface area contributed by atoms with Crippen molar-refractivity contribution in [1.29, 1.82) is 0 Å². The minimum absolute atomic E-state index is 0.126. The number of urea groups is 1. The molecule has 23 heavy (non-hydrogen) atoms. The molecule has 1 aromatic rings. The summed E-state index contributed by atoms with van der Waals surface area (Å²) >= 11 is 0. The van der Waals surface area contributed by atoms with Crippen LogP contribution >= 0.6 is 0 Å². The van der Waals surface area contributed by atoms with Gasteiger partial charge in [0.25, 0.3) is 11.8 Å². The maximum absolute atomic E-state index is 12.3. The van der Waals surface area contributed by atoms with Crippen molar-refractivity contribution in [3.8, 4) is 0 Å². The lowest BCUT2D eigenvalue weighted by molar-refractivity contribution is 0.0638. The van der Waals surface area contributed by atoms with Crippen molar-refractivity contribution in [2.45, 2.75) is 6.42 Å². The molecule has 0 radical (unpaired) electrons. The molecule has 0 atom stereocenters. The van der Waals surface area contributed by atoms with Crippen LogP contribution in [0.5, 0.6) is 0 Å². The van der Waals surface area contributed by atoms with Crippen LogP contribution < -0.4 is 10.6 Å². The second kappa shape index (κ2) is 7.70. The van der Waals surface area contributed by atoms with E-state index in [1.165, 1.54) is 17.0 Å². The molecule has 0 aromatic heterocycles. The van der Waals surface area contributed by atoms with Gasteiger partial charge in [-0.15, -0.1) is 0 Å². The largest absolute Gasteiger partial charge is 0.395 e. The van der Waals surface area contributed by atoms with Crippen molar-refractivity contribution >= 4 is 23.5 Å². The van der Waals surface area contributed by atoms with Gasteiger partial charge in [0.2, 0.25) is 0 Å². The third-order valence-electron chi connectivity index (χ3n) is 3.36. The van der Waals surface area contributed by atoms with Crippen molar-refractivity contribution in [2.24, 2.45) is 0 Å². The number of methoxy groups -OCH3 is 1. The van der Waals surface area contributed by atoms with Gasteiger partial charge in [-0.05, 0) is 24.6 Å². The van der Waals surface area contributed by atoms with Gasteiger partial charge in [0.05, 0.1) is 17.7 Å². The van der Waals surface area contributed by atoms with E-state index in [0.29, 0.717) is 30.8 Å². The highest BCUT2D eigenvalue weighted by Gasteiger charge is 2.35. The summed E-state index contributed by atoms with van der Waals surface area (Å²) in [5, 5.41) is 13.6. The molecule has 4 amide bonds. The summed E-state index contributed by atoms with van der Waals surface area (Å²) in [4.78, 5) is 37.3. The van der Waals surface area contributed by atoms with E-state index in [1.54, 1.807) is 13.2 Å². The number of hydrogen-bond donors (Lipinski definition) is 3. The maximum Gasteiger partial charge on any atom is 0.319 e. The van der Waals surface area contributed by atoms with Crippen molar-refractivity contribution in [1.82, 2.24) is 10.2 Å². The molecule has 1 aliphatic heterocycles. The first kappa shape index (κ1) is 16.9. The average molecular weight is 321 g/mol. The number of anilines is 1. The summed E-state index contributed by atoms with van der Waals surface area (Å²) in [5.74, 6) is -0.710. The van der Waals surface area contributed by atoms with Crippen LogP contribution in [-0.4, -0.2) is 61.3 Å². The number of amides is 4. The van der Waals surface area contributed by atoms with Crippen molar-refractivity contribution < 1.29 is 24.2 Å². The number of aliphatic hydroxyl groups is 1. The second-order valence-electron chi connectivity index (χ2n) is 4.97. The molecule has 1 heterocycles. The summed E-state index contributed by atoms with van der Waals surface area (Å²) in [6.45, 7) is 0.716. The predicted octanol–water partition coefficient (Wildman–Crippen LogP) is 0.433. The lowest BCUT2D eigenvalue weighted by Gasteiger charge is -2.12. The molecular formula is C15H19N3O5. The van der Waals surface area contributed by atoms with Crippen LogP contribution in [0.3, 0.4) is 0 Å². The maximum atomic E-state index is 12.3. The highest BCUT2D eigenvalue weighted by atomic mass is 16.5. The summed E-state index contributed by atoms with van der Waals surface area (Å²) in [6, 6.07) is 4.06. The fraction of sp³-hybridized carbons (Fsp3) is 0.400. The lowest BCUT2D eigenvalue weighted by atomic mass is 10.1. The molecule has 0 aliphatic carbocycles. The van der Waals surface area contributed by atoms with Crippen LogP contribution in [-0.2, 0) is 4.74 Å². The second-order valence-corrected chi connectivity index (χ2v) is 4.97. The Balaban J connectivity index is 2.08. The van der Waals surface area contributed by atoms with Gasteiger partial charge >= 0.3 is 6.03 Å². The fourth-order valence-corrected chi connectivity index (χ4v) is 2.28. The molecule has 0 spiro atoms. The van der Waals surface area contributed by atoms with E-state index in [1.807, 2.05) is 0 Å². The van der Waals surface area contributed by atoms with Crippen LogP contribution in [0.2, 0.25) is 0 Å². The zero-order valence-electron chi connectivity index (χ0n) is 12.8. The van der Waals surface area contributed by atoms with Gasteiger partial charge in [0.15, 0.2) is 0 Å². The van der Waals surface area contributed by atoms with Gasteiger partial charge in [-0.2, -0.15) is 0 Å². The SMILES string of the molecule is COCCCN1C(=O)c2ccc(NC(=O)NCCO)cc2C1=O. The molecule has 8 heteroatoms.